The van der Waals surface area contributed by atoms with Crippen LogP contribution in [0.4, 0.5) is 5.95 Å². The van der Waals surface area contributed by atoms with Crippen molar-refractivity contribution in [2.24, 2.45) is 7.05 Å². The fourth-order valence-corrected chi connectivity index (χ4v) is 2.00. The van der Waals surface area contributed by atoms with Crippen LogP contribution in [0.25, 0.3) is 0 Å². The molecule has 0 aliphatic heterocycles. The molecule has 0 unspecified atom stereocenters. The Hall–Kier alpha value is -1.95. The van der Waals surface area contributed by atoms with Gasteiger partial charge in [0.1, 0.15) is 0 Å². The van der Waals surface area contributed by atoms with Crippen LogP contribution in [0.5, 0.6) is 0 Å². The zero-order valence-electron chi connectivity index (χ0n) is 12.4. The quantitative estimate of drug-likeness (QED) is 0.832. The van der Waals surface area contributed by atoms with Gasteiger partial charge in [-0.15, -0.1) is 0 Å². The van der Waals surface area contributed by atoms with Gasteiger partial charge in [0.15, 0.2) is 0 Å². The van der Waals surface area contributed by atoms with Crippen LogP contribution in [0, 0.1) is 0 Å². The van der Waals surface area contributed by atoms with Crippen LogP contribution in [0.3, 0.4) is 0 Å². The lowest BCUT2D eigenvalue weighted by atomic mass is 10.3. The van der Waals surface area contributed by atoms with Crippen molar-refractivity contribution >= 4 is 5.95 Å². The molecule has 6 heteroatoms. The van der Waals surface area contributed by atoms with Gasteiger partial charge in [0.2, 0.25) is 5.95 Å². The van der Waals surface area contributed by atoms with Gasteiger partial charge in [0.25, 0.3) is 0 Å². The minimum absolute atomic E-state index is 0.700. The van der Waals surface area contributed by atoms with Crippen molar-refractivity contribution in [3.63, 3.8) is 0 Å². The monoisotopic (exact) mass is 274 g/mol. The summed E-state index contributed by atoms with van der Waals surface area (Å²) >= 11 is 0. The number of nitrogens with one attached hydrogen (secondary N) is 1. The fraction of sp³-hybridized carbons (Fsp3) is 0.500. The molecule has 0 spiro atoms. The average Bonchev–Trinajstić information content (AvgIpc) is 2.83. The van der Waals surface area contributed by atoms with E-state index in [1.807, 2.05) is 36.5 Å². The summed E-state index contributed by atoms with van der Waals surface area (Å²) in [6, 6.07) is 0. The minimum Gasteiger partial charge on any atom is -0.354 e. The zero-order chi connectivity index (χ0) is 14.4. The Morgan fingerprint density at radius 3 is 2.45 bits per heavy atom. The van der Waals surface area contributed by atoms with Crippen LogP contribution in [0.1, 0.15) is 24.5 Å². The van der Waals surface area contributed by atoms with Gasteiger partial charge in [0, 0.05) is 56.4 Å². The molecule has 0 saturated heterocycles. The summed E-state index contributed by atoms with van der Waals surface area (Å²) in [5.74, 6) is 0.700. The van der Waals surface area contributed by atoms with Crippen LogP contribution in [0.2, 0.25) is 0 Å². The molecule has 0 aliphatic carbocycles. The number of aryl methyl sites for hydroxylation is 1. The van der Waals surface area contributed by atoms with Gasteiger partial charge in [-0.25, -0.2) is 9.97 Å². The lowest BCUT2D eigenvalue weighted by Gasteiger charge is -2.15. The molecule has 0 fully saturated rings. The lowest BCUT2D eigenvalue weighted by molar-refractivity contribution is 0.318. The molecule has 2 rings (SSSR count). The summed E-state index contributed by atoms with van der Waals surface area (Å²) in [5.41, 5.74) is 2.32. The summed E-state index contributed by atoms with van der Waals surface area (Å²) in [7, 11) is 4.01. The van der Waals surface area contributed by atoms with Gasteiger partial charge in [-0.2, -0.15) is 5.10 Å². The minimum atomic E-state index is 0.700. The molecule has 6 nitrogen and oxygen atoms in total. The molecule has 2 aromatic rings. The van der Waals surface area contributed by atoms with Crippen LogP contribution in [-0.2, 0) is 20.1 Å². The highest BCUT2D eigenvalue weighted by Gasteiger charge is 2.04. The number of hydrogen-bond acceptors (Lipinski definition) is 5. The highest BCUT2D eigenvalue weighted by Crippen LogP contribution is 2.07. The van der Waals surface area contributed by atoms with E-state index in [-0.39, 0.29) is 0 Å². The normalized spacial score (nSPS) is 11.0. The molecule has 0 aromatic carbocycles. The number of rotatable bonds is 7. The number of hydrogen-bond donors (Lipinski definition) is 1. The van der Waals surface area contributed by atoms with Crippen molar-refractivity contribution in [2.75, 3.05) is 18.9 Å². The predicted molar refractivity (Wildman–Crippen MR) is 79.2 cm³/mol. The number of aromatic nitrogens is 4. The summed E-state index contributed by atoms with van der Waals surface area (Å²) in [4.78, 5) is 10.8. The second-order valence-corrected chi connectivity index (χ2v) is 5.04. The summed E-state index contributed by atoms with van der Waals surface area (Å²) in [5, 5.41) is 7.34. The van der Waals surface area contributed by atoms with Gasteiger partial charge in [0.05, 0.1) is 6.20 Å². The Morgan fingerprint density at radius 1 is 1.15 bits per heavy atom. The molecule has 0 atom stereocenters. The molecule has 2 heterocycles. The standard InChI is InChI=1S/C14H22N6/c1-4-5-15-14-16-6-12(7-17-14)9-19(2)10-13-8-18-20(3)11-13/h6-8,11H,4-5,9-10H2,1-3H3,(H,15,16,17). The second kappa shape index (κ2) is 7.00. The number of anilines is 1. The van der Waals surface area contributed by atoms with Gasteiger partial charge in [-0.1, -0.05) is 6.92 Å². The van der Waals surface area contributed by atoms with E-state index in [1.54, 1.807) is 0 Å². The molecule has 1 N–H and O–H groups in total. The molecule has 20 heavy (non-hydrogen) atoms. The third-order valence-corrected chi connectivity index (χ3v) is 2.90. The maximum Gasteiger partial charge on any atom is 0.222 e. The third-order valence-electron chi connectivity index (χ3n) is 2.90. The molecule has 0 aliphatic rings. The van der Waals surface area contributed by atoms with Gasteiger partial charge in [-0.3, -0.25) is 9.58 Å². The van der Waals surface area contributed by atoms with E-state index in [1.165, 1.54) is 5.56 Å². The van der Waals surface area contributed by atoms with Crippen molar-refractivity contribution in [3.05, 3.63) is 35.9 Å². The molecular weight excluding hydrogens is 252 g/mol. The first kappa shape index (κ1) is 14.5. The highest BCUT2D eigenvalue weighted by molar-refractivity contribution is 5.24. The van der Waals surface area contributed by atoms with E-state index in [4.69, 9.17) is 0 Å². The third kappa shape index (κ3) is 4.31. The Labute approximate surface area is 119 Å². The van der Waals surface area contributed by atoms with E-state index in [9.17, 15) is 0 Å². The molecule has 108 valence electrons. The van der Waals surface area contributed by atoms with Crippen molar-refractivity contribution in [1.82, 2.24) is 24.6 Å². The molecule has 2 aromatic heterocycles. The summed E-state index contributed by atoms with van der Waals surface area (Å²) in [6.07, 6.45) is 8.75. The van der Waals surface area contributed by atoms with E-state index in [2.05, 4.69) is 39.3 Å². The van der Waals surface area contributed by atoms with Crippen molar-refractivity contribution in [3.8, 4) is 0 Å². The Bertz CT molecular complexity index is 519. The first-order valence-electron chi connectivity index (χ1n) is 6.88. The maximum absolute atomic E-state index is 4.32. The maximum atomic E-state index is 4.32. The Kier molecular flexibility index (Phi) is 5.06. The molecule has 0 amide bonds. The zero-order valence-corrected chi connectivity index (χ0v) is 12.4. The van der Waals surface area contributed by atoms with Crippen LogP contribution in [0.15, 0.2) is 24.8 Å². The van der Waals surface area contributed by atoms with Gasteiger partial charge < -0.3 is 5.32 Å². The highest BCUT2D eigenvalue weighted by atomic mass is 15.2. The van der Waals surface area contributed by atoms with Crippen molar-refractivity contribution in [2.45, 2.75) is 26.4 Å². The summed E-state index contributed by atoms with van der Waals surface area (Å²) < 4.78 is 1.82. The lowest BCUT2D eigenvalue weighted by Crippen LogP contribution is -2.17. The molecule has 0 saturated carbocycles. The van der Waals surface area contributed by atoms with E-state index in [0.29, 0.717) is 5.95 Å². The Balaban J connectivity index is 1.85. The first-order chi connectivity index (χ1) is 9.67. The molecular formula is C14H22N6. The largest absolute Gasteiger partial charge is 0.354 e. The second-order valence-electron chi connectivity index (χ2n) is 5.04. The van der Waals surface area contributed by atoms with Crippen molar-refractivity contribution < 1.29 is 0 Å². The fourth-order valence-electron chi connectivity index (χ4n) is 2.00. The van der Waals surface area contributed by atoms with E-state index in [0.717, 1.165) is 31.6 Å². The van der Waals surface area contributed by atoms with Crippen LogP contribution >= 0.6 is 0 Å². The molecule has 0 radical (unpaired) electrons. The SMILES string of the molecule is CCCNc1ncc(CN(C)Cc2cnn(C)c2)cn1. The van der Waals surface area contributed by atoms with E-state index < -0.39 is 0 Å². The topological polar surface area (TPSA) is 58.9 Å². The van der Waals surface area contributed by atoms with Crippen molar-refractivity contribution in [1.29, 1.82) is 0 Å². The van der Waals surface area contributed by atoms with Gasteiger partial charge in [-0.05, 0) is 13.5 Å². The average molecular weight is 274 g/mol. The number of nitrogens with zero attached hydrogens (tertiary/aromatic N) is 5. The van der Waals surface area contributed by atoms with Gasteiger partial charge >= 0.3 is 0 Å². The first-order valence-corrected chi connectivity index (χ1v) is 6.88. The smallest absolute Gasteiger partial charge is 0.222 e. The Morgan fingerprint density at radius 2 is 1.85 bits per heavy atom. The van der Waals surface area contributed by atoms with E-state index >= 15 is 0 Å². The predicted octanol–water partition coefficient (Wildman–Crippen LogP) is 1.66. The summed E-state index contributed by atoms with van der Waals surface area (Å²) in [6.45, 7) is 4.71. The molecule has 0 bridgehead atoms. The van der Waals surface area contributed by atoms with Crippen LogP contribution < -0.4 is 5.32 Å². The van der Waals surface area contributed by atoms with Crippen LogP contribution in [-0.4, -0.2) is 38.2 Å².